The summed E-state index contributed by atoms with van der Waals surface area (Å²) < 4.78 is 10.7. The van der Waals surface area contributed by atoms with Gasteiger partial charge in [-0.05, 0) is 68.0 Å². The van der Waals surface area contributed by atoms with Gasteiger partial charge in [-0.2, -0.15) is 0 Å². The number of amides is 2. The first-order chi connectivity index (χ1) is 17.0. The van der Waals surface area contributed by atoms with E-state index in [1.165, 1.54) is 5.56 Å². The number of nitrogens with zero attached hydrogens (tertiary/aromatic N) is 2. The topological polar surface area (TPSA) is 71.1 Å². The number of ether oxygens (including phenoxy) is 2. The molecule has 0 spiro atoms. The maximum absolute atomic E-state index is 13.5. The Morgan fingerprint density at radius 1 is 0.943 bits per heavy atom. The fraction of sp³-hybridized carbons (Fsp3) is 0.500. The van der Waals surface area contributed by atoms with Gasteiger partial charge in [-0.15, -0.1) is 0 Å². The van der Waals surface area contributed by atoms with E-state index >= 15 is 0 Å². The first-order valence-corrected chi connectivity index (χ1v) is 12.8. The zero-order valence-electron chi connectivity index (χ0n) is 20.6. The van der Waals surface area contributed by atoms with Gasteiger partial charge in [-0.1, -0.05) is 44.2 Å². The van der Waals surface area contributed by atoms with Crippen LogP contribution in [0.2, 0.25) is 0 Å². The van der Waals surface area contributed by atoms with Crippen LogP contribution in [-0.2, 0) is 4.79 Å². The molecular formula is C28H35N3O4. The third-order valence-electron chi connectivity index (χ3n) is 7.65. The number of benzene rings is 2. The van der Waals surface area contributed by atoms with E-state index in [9.17, 15) is 9.59 Å². The lowest BCUT2D eigenvalue weighted by Gasteiger charge is -2.36. The number of rotatable bonds is 6. The van der Waals surface area contributed by atoms with Crippen molar-refractivity contribution >= 4 is 11.8 Å². The van der Waals surface area contributed by atoms with Crippen LogP contribution in [0, 0.1) is 5.92 Å². The van der Waals surface area contributed by atoms with Crippen LogP contribution in [0.3, 0.4) is 0 Å². The van der Waals surface area contributed by atoms with E-state index in [1.807, 2.05) is 18.7 Å². The van der Waals surface area contributed by atoms with Crippen molar-refractivity contribution < 1.29 is 19.1 Å². The summed E-state index contributed by atoms with van der Waals surface area (Å²) in [5.74, 6) is 1.55. The lowest BCUT2D eigenvalue weighted by atomic mass is 9.89. The Kier molecular flexibility index (Phi) is 6.95. The summed E-state index contributed by atoms with van der Waals surface area (Å²) >= 11 is 0. The molecule has 2 aromatic carbocycles. The number of nitrogens with one attached hydrogen (secondary N) is 1. The Bertz CT molecular complexity index is 1050. The van der Waals surface area contributed by atoms with Crippen molar-refractivity contribution in [3.8, 4) is 11.5 Å². The largest absolute Gasteiger partial charge is 0.454 e. The standard InChI is InChI=1S/C28H35N3O4/c1-19(2)26(29-27(32)22-8-9-24-25(16-22)35-18-34-24)28(33)31-15-12-23(17-31)30-13-10-21(11-14-30)20-6-4-3-5-7-20/h3-9,16,19,21,23,26H,10-15,17-18H2,1-2H3,(H,29,32). The molecule has 0 bridgehead atoms. The molecule has 2 aromatic rings. The summed E-state index contributed by atoms with van der Waals surface area (Å²) in [6.45, 7) is 7.73. The summed E-state index contributed by atoms with van der Waals surface area (Å²) in [5, 5.41) is 2.98. The van der Waals surface area contributed by atoms with Crippen LogP contribution in [0.1, 0.15) is 54.9 Å². The quantitative estimate of drug-likeness (QED) is 0.688. The summed E-state index contributed by atoms with van der Waals surface area (Å²) in [5.41, 5.74) is 1.90. The van der Waals surface area contributed by atoms with E-state index in [0.717, 1.165) is 45.4 Å². The number of hydrogen-bond donors (Lipinski definition) is 1. The molecule has 2 unspecified atom stereocenters. The molecule has 35 heavy (non-hydrogen) atoms. The van der Waals surface area contributed by atoms with E-state index in [1.54, 1.807) is 18.2 Å². The molecule has 186 valence electrons. The molecule has 1 N–H and O–H groups in total. The van der Waals surface area contributed by atoms with Crippen molar-refractivity contribution in [3.63, 3.8) is 0 Å². The maximum atomic E-state index is 13.5. The Labute approximate surface area is 207 Å². The van der Waals surface area contributed by atoms with E-state index in [0.29, 0.717) is 29.0 Å². The highest BCUT2D eigenvalue weighted by Crippen LogP contribution is 2.33. The monoisotopic (exact) mass is 477 g/mol. The van der Waals surface area contributed by atoms with Gasteiger partial charge in [0.1, 0.15) is 6.04 Å². The molecule has 2 atom stereocenters. The average molecular weight is 478 g/mol. The summed E-state index contributed by atoms with van der Waals surface area (Å²) in [7, 11) is 0. The summed E-state index contributed by atoms with van der Waals surface area (Å²) in [6, 6.07) is 15.7. The van der Waals surface area contributed by atoms with Gasteiger partial charge in [0.25, 0.3) is 5.91 Å². The average Bonchev–Trinajstić information content (AvgIpc) is 3.57. The number of carbonyl (C=O) groups is 2. The Morgan fingerprint density at radius 2 is 1.69 bits per heavy atom. The van der Waals surface area contributed by atoms with Gasteiger partial charge < -0.3 is 19.7 Å². The van der Waals surface area contributed by atoms with Crippen molar-refractivity contribution in [1.82, 2.24) is 15.1 Å². The molecule has 2 amide bonds. The van der Waals surface area contributed by atoms with Gasteiger partial charge in [0, 0.05) is 24.7 Å². The highest BCUT2D eigenvalue weighted by atomic mass is 16.7. The number of piperidine rings is 1. The minimum absolute atomic E-state index is 0.00997. The van der Waals surface area contributed by atoms with Gasteiger partial charge in [0.2, 0.25) is 12.7 Å². The second-order valence-corrected chi connectivity index (χ2v) is 10.2. The predicted molar refractivity (Wildman–Crippen MR) is 134 cm³/mol. The van der Waals surface area contributed by atoms with Crippen LogP contribution in [0.4, 0.5) is 0 Å². The smallest absolute Gasteiger partial charge is 0.252 e. The van der Waals surface area contributed by atoms with Crippen LogP contribution in [0.25, 0.3) is 0 Å². The normalized spacial score (nSPS) is 21.3. The van der Waals surface area contributed by atoms with E-state index in [4.69, 9.17) is 9.47 Å². The van der Waals surface area contributed by atoms with Crippen molar-refractivity contribution in [1.29, 1.82) is 0 Å². The van der Waals surface area contributed by atoms with E-state index < -0.39 is 6.04 Å². The predicted octanol–water partition coefficient (Wildman–Crippen LogP) is 3.65. The minimum Gasteiger partial charge on any atom is -0.454 e. The molecule has 0 aromatic heterocycles. The van der Waals surface area contributed by atoms with E-state index in [2.05, 4.69) is 40.5 Å². The van der Waals surface area contributed by atoms with Gasteiger partial charge in [0.15, 0.2) is 11.5 Å². The molecule has 3 aliphatic heterocycles. The van der Waals surface area contributed by atoms with Gasteiger partial charge in [0.05, 0.1) is 0 Å². The zero-order chi connectivity index (χ0) is 24.4. The molecule has 2 saturated heterocycles. The molecule has 7 nitrogen and oxygen atoms in total. The lowest BCUT2D eigenvalue weighted by Crippen LogP contribution is -2.51. The van der Waals surface area contributed by atoms with Crippen LogP contribution >= 0.6 is 0 Å². The first kappa shape index (κ1) is 23.7. The second kappa shape index (κ2) is 10.3. The highest BCUT2D eigenvalue weighted by molar-refractivity contribution is 5.98. The second-order valence-electron chi connectivity index (χ2n) is 10.2. The Morgan fingerprint density at radius 3 is 2.43 bits per heavy atom. The van der Waals surface area contributed by atoms with Crippen molar-refractivity contribution in [2.45, 2.75) is 51.1 Å². The minimum atomic E-state index is -0.560. The SMILES string of the molecule is CC(C)C(NC(=O)c1ccc2c(c1)OCO2)C(=O)N1CCC(N2CCC(c3ccccc3)CC2)C1. The van der Waals surface area contributed by atoms with Crippen LogP contribution in [0.5, 0.6) is 11.5 Å². The zero-order valence-corrected chi connectivity index (χ0v) is 20.6. The van der Waals surface area contributed by atoms with Crippen molar-refractivity contribution in [2.75, 3.05) is 33.0 Å². The molecule has 3 heterocycles. The maximum Gasteiger partial charge on any atom is 0.252 e. The molecular weight excluding hydrogens is 442 g/mol. The number of likely N-dealkylation sites (tertiary alicyclic amines) is 2. The third kappa shape index (κ3) is 5.15. The fourth-order valence-electron chi connectivity index (χ4n) is 5.54. The number of fused-ring (bicyclic) bond motifs is 1. The fourth-order valence-corrected chi connectivity index (χ4v) is 5.54. The molecule has 3 aliphatic rings. The van der Waals surface area contributed by atoms with Gasteiger partial charge in [-0.25, -0.2) is 0 Å². The summed E-state index contributed by atoms with van der Waals surface area (Å²) in [6.07, 6.45) is 3.31. The van der Waals surface area contributed by atoms with Crippen LogP contribution in [-0.4, -0.2) is 66.7 Å². The number of hydrogen-bond acceptors (Lipinski definition) is 5. The van der Waals surface area contributed by atoms with Crippen LogP contribution < -0.4 is 14.8 Å². The molecule has 2 fully saturated rings. The Hall–Kier alpha value is -3.06. The van der Waals surface area contributed by atoms with Crippen LogP contribution in [0.15, 0.2) is 48.5 Å². The highest BCUT2D eigenvalue weighted by Gasteiger charge is 2.36. The third-order valence-corrected chi connectivity index (χ3v) is 7.65. The molecule has 0 aliphatic carbocycles. The summed E-state index contributed by atoms with van der Waals surface area (Å²) in [4.78, 5) is 30.9. The van der Waals surface area contributed by atoms with E-state index in [-0.39, 0.29) is 24.5 Å². The lowest BCUT2D eigenvalue weighted by molar-refractivity contribution is -0.133. The molecule has 0 saturated carbocycles. The Balaban J connectivity index is 1.16. The van der Waals surface area contributed by atoms with Crippen molar-refractivity contribution in [3.05, 3.63) is 59.7 Å². The molecule has 5 rings (SSSR count). The van der Waals surface area contributed by atoms with Crippen molar-refractivity contribution in [2.24, 2.45) is 5.92 Å². The molecule has 0 radical (unpaired) electrons. The van der Waals surface area contributed by atoms with Gasteiger partial charge in [-0.3, -0.25) is 14.5 Å². The first-order valence-electron chi connectivity index (χ1n) is 12.8. The molecule has 7 heteroatoms. The number of carbonyl (C=O) groups excluding carboxylic acids is 2. The van der Waals surface area contributed by atoms with Gasteiger partial charge >= 0.3 is 0 Å².